The maximum Gasteiger partial charge on any atom is 0.220 e. The summed E-state index contributed by atoms with van der Waals surface area (Å²) in [7, 11) is 4.22. The molecule has 1 aromatic carbocycles. The minimum Gasteiger partial charge on any atom is -0.333 e. The zero-order valence-electron chi connectivity index (χ0n) is 16.2. The molecule has 2 aliphatic heterocycles. The quantitative estimate of drug-likeness (QED) is 0.753. The van der Waals surface area contributed by atoms with Crippen LogP contribution >= 0.6 is 0 Å². The van der Waals surface area contributed by atoms with Crippen LogP contribution in [0.1, 0.15) is 36.1 Å². The van der Waals surface area contributed by atoms with Crippen molar-refractivity contribution in [3.8, 4) is 0 Å². The second kappa shape index (κ2) is 6.51. The van der Waals surface area contributed by atoms with Gasteiger partial charge in [0.25, 0.3) is 0 Å². The second-order valence-corrected chi connectivity index (χ2v) is 6.80. The summed E-state index contributed by atoms with van der Waals surface area (Å²) < 4.78 is 0. The molecule has 0 amide bonds. The first-order valence-corrected chi connectivity index (χ1v) is 8.72. The van der Waals surface area contributed by atoms with Gasteiger partial charge in [-0.1, -0.05) is 17.1 Å². The Hall–Kier alpha value is -2.36. The molecule has 1 radical (unpaired) electrons. The summed E-state index contributed by atoms with van der Waals surface area (Å²) in [6.07, 6.45) is 8.32. The van der Waals surface area contributed by atoms with Crippen LogP contribution in [-0.4, -0.2) is 30.7 Å². The van der Waals surface area contributed by atoms with E-state index in [0.29, 0.717) is 0 Å². The second-order valence-electron chi connectivity index (χ2n) is 6.80. The SMILES string of the molecule is C/C=C/C1=CC(=C/C2=Nc3c(C)c(C)c(C)c(C)c3[B]2)/N=C(C)N1C. The highest BCUT2D eigenvalue weighted by Crippen LogP contribution is 2.29. The molecule has 0 saturated heterocycles. The lowest BCUT2D eigenvalue weighted by Crippen LogP contribution is -2.26. The van der Waals surface area contributed by atoms with Crippen LogP contribution in [0, 0.1) is 27.7 Å². The fourth-order valence-electron chi connectivity index (χ4n) is 3.31. The molecule has 0 N–H and O–H groups in total. The van der Waals surface area contributed by atoms with Crippen molar-refractivity contribution in [2.45, 2.75) is 41.5 Å². The molecule has 0 saturated carbocycles. The average molecular weight is 330 g/mol. The Kier molecular flexibility index (Phi) is 4.55. The van der Waals surface area contributed by atoms with E-state index in [1.54, 1.807) is 0 Å². The normalized spacial score (nSPS) is 18.3. The van der Waals surface area contributed by atoms with Gasteiger partial charge in [-0.25, -0.2) is 4.99 Å². The molecule has 0 aromatic heterocycles. The van der Waals surface area contributed by atoms with Gasteiger partial charge in [-0.3, -0.25) is 4.99 Å². The van der Waals surface area contributed by atoms with Gasteiger partial charge in [0.1, 0.15) is 5.84 Å². The lowest BCUT2D eigenvalue weighted by atomic mass is 9.64. The van der Waals surface area contributed by atoms with Gasteiger partial charge in [0, 0.05) is 18.4 Å². The zero-order chi connectivity index (χ0) is 18.3. The highest BCUT2D eigenvalue weighted by Gasteiger charge is 2.22. The summed E-state index contributed by atoms with van der Waals surface area (Å²) in [5.41, 5.74) is 10.7. The molecule has 127 valence electrons. The molecule has 0 atom stereocenters. The lowest BCUT2D eigenvalue weighted by Gasteiger charge is -2.24. The van der Waals surface area contributed by atoms with Crippen LogP contribution in [0.25, 0.3) is 0 Å². The molecule has 0 spiro atoms. The number of allylic oxidation sites excluding steroid dienone is 4. The van der Waals surface area contributed by atoms with Crippen molar-refractivity contribution in [1.29, 1.82) is 0 Å². The first-order chi connectivity index (χ1) is 11.8. The third-order valence-electron chi connectivity index (χ3n) is 5.33. The highest BCUT2D eigenvalue weighted by molar-refractivity contribution is 6.90. The van der Waals surface area contributed by atoms with Crippen LogP contribution in [0.4, 0.5) is 5.69 Å². The minimum atomic E-state index is 0.940. The van der Waals surface area contributed by atoms with Gasteiger partial charge in [-0.05, 0) is 76.5 Å². The van der Waals surface area contributed by atoms with Gasteiger partial charge < -0.3 is 4.90 Å². The van der Waals surface area contributed by atoms with Crippen molar-refractivity contribution in [1.82, 2.24) is 4.90 Å². The molecule has 3 rings (SSSR count). The molecule has 0 aliphatic carbocycles. The first-order valence-electron chi connectivity index (χ1n) is 8.72. The molecule has 4 heteroatoms. The van der Waals surface area contributed by atoms with E-state index in [-0.39, 0.29) is 0 Å². The molecule has 25 heavy (non-hydrogen) atoms. The van der Waals surface area contributed by atoms with E-state index >= 15 is 0 Å². The molecule has 2 aliphatic rings. The number of amidine groups is 1. The van der Waals surface area contributed by atoms with Crippen molar-refractivity contribution in [2.24, 2.45) is 9.98 Å². The van der Waals surface area contributed by atoms with E-state index in [2.05, 4.69) is 58.1 Å². The highest BCUT2D eigenvalue weighted by atomic mass is 15.2. The molecular weight excluding hydrogens is 305 g/mol. The Balaban J connectivity index is 2.01. The maximum atomic E-state index is 4.88. The topological polar surface area (TPSA) is 28.0 Å². The monoisotopic (exact) mass is 330 g/mol. The standard InChI is InChI=1S/C21H25BN3/c1-8-9-18-10-17(23-16(6)25(18)7)11-19-22-20-14(4)12(2)13(3)15(5)21(20)24-19/h8-11H,1-7H3/b9-8+,17-11-. The molecule has 0 bridgehead atoms. The van der Waals surface area contributed by atoms with Crippen LogP contribution in [-0.2, 0) is 0 Å². The van der Waals surface area contributed by atoms with E-state index in [0.717, 1.165) is 28.5 Å². The Bertz CT molecular complexity index is 898. The lowest BCUT2D eigenvalue weighted by molar-refractivity contribution is 0.632. The Morgan fingerprint density at radius 3 is 2.32 bits per heavy atom. The number of nitrogens with zero attached hydrogens (tertiary/aromatic N) is 3. The van der Waals surface area contributed by atoms with Crippen LogP contribution < -0.4 is 5.46 Å². The summed E-state index contributed by atoms with van der Waals surface area (Å²) in [6.45, 7) is 12.8. The van der Waals surface area contributed by atoms with Gasteiger partial charge in [-0.2, -0.15) is 0 Å². The van der Waals surface area contributed by atoms with E-state index in [1.807, 2.05) is 27.0 Å². The predicted octanol–water partition coefficient (Wildman–Crippen LogP) is 4.00. The smallest absolute Gasteiger partial charge is 0.220 e. The minimum absolute atomic E-state index is 0.940. The summed E-state index contributed by atoms with van der Waals surface area (Å²) >= 11 is 0. The number of hydrogen-bond donors (Lipinski definition) is 0. The van der Waals surface area contributed by atoms with Gasteiger partial charge in [-0.15, -0.1) is 0 Å². The Morgan fingerprint density at radius 1 is 0.960 bits per heavy atom. The van der Waals surface area contributed by atoms with Crippen LogP contribution in [0.3, 0.4) is 0 Å². The molecular formula is C21H25BN3. The molecule has 3 nitrogen and oxygen atoms in total. The number of fused-ring (bicyclic) bond motifs is 1. The van der Waals surface area contributed by atoms with Gasteiger partial charge >= 0.3 is 0 Å². The summed E-state index contributed by atoms with van der Waals surface area (Å²) in [6, 6.07) is 0. The molecule has 0 fully saturated rings. The van der Waals surface area contributed by atoms with Gasteiger partial charge in [0.15, 0.2) is 0 Å². The molecule has 0 unspecified atom stereocenters. The van der Waals surface area contributed by atoms with E-state index in [4.69, 9.17) is 9.98 Å². The largest absolute Gasteiger partial charge is 0.333 e. The number of likely N-dealkylation sites (N-methyl/N-ethyl adjacent to an activating group) is 1. The van der Waals surface area contributed by atoms with E-state index < -0.39 is 0 Å². The van der Waals surface area contributed by atoms with Crippen molar-refractivity contribution in [2.75, 3.05) is 7.05 Å². The number of hydrogen-bond acceptors (Lipinski definition) is 3. The van der Waals surface area contributed by atoms with E-state index in [1.165, 1.54) is 27.7 Å². The number of benzene rings is 1. The third-order valence-corrected chi connectivity index (χ3v) is 5.33. The van der Waals surface area contributed by atoms with Crippen molar-refractivity contribution < 1.29 is 0 Å². The maximum absolute atomic E-state index is 4.88. The third kappa shape index (κ3) is 3.01. The van der Waals surface area contributed by atoms with E-state index in [9.17, 15) is 0 Å². The van der Waals surface area contributed by atoms with Crippen molar-refractivity contribution in [3.05, 3.63) is 58.0 Å². The fourth-order valence-corrected chi connectivity index (χ4v) is 3.31. The number of aliphatic imine (C=N–C) groups is 2. The van der Waals surface area contributed by atoms with Crippen LogP contribution in [0.15, 0.2) is 45.7 Å². The first kappa shape index (κ1) is 17.5. The summed E-state index contributed by atoms with van der Waals surface area (Å²) in [5.74, 6) is 0.983. The molecule has 1 aromatic rings. The fraction of sp³-hybridized carbons (Fsp3) is 0.333. The van der Waals surface area contributed by atoms with Crippen molar-refractivity contribution in [3.63, 3.8) is 0 Å². The average Bonchev–Trinajstić information content (AvgIpc) is 2.99. The number of rotatable bonds is 2. The Labute approximate surface area is 151 Å². The Morgan fingerprint density at radius 2 is 1.64 bits per heavy atom. The van der Waals surface area contributed by atoms with Gasteiger partial charge in [0.05, 0.1) is 11.4 Å². The zero-order valence-corrected chi connectivity index (χ0v) is 16.2. The van der Waals surface area contributed by atoms with Crippen molar-refractivity contribution >= 4 is 29.9 Å². The predicted molar refractivity (Wildman–Crippen MR) is 110 cm³/mol. The summed E-state index contributed by atoms with van der Waals surface area (Å²) in [4.78, 5) is 11.7. The molecule has 2 heterocycles. The van der Waals surface area contributed by atoms with Gasteiger partial charge in [0.2, 0.25) is 7.28 Å². The van der Waals surface area contributed by atoms with Crippen LogP contribution in [0.2, 0.25) is 0 Å². The summed E-state index contributed by atoms with van der Waals surface area (Å²) in [5, 5.41) is 0. The van der Waals surface area contributed by atoms with Crippen LogP contribution in [0.5, 0.6) is 0 Å².